The van der Waals surface area contributed by atoms with Gasteiger partial charge in [-0.3, -0.25) is 0 Å². The van der Waals surface area contributed by atoms with Crippen molar-refractivity contribution in [3.63, 3.8) is 0 Å². The van der Waals surface area contributed by atoms with Gasteiger partial charge in [-0.25, -0.2) is 26.3 Å². The van der Waals surface area contributed by atoms with E-state index in [1.807, 2.05) is 0 Å². The summed E-state index contributed by atoms with van der Waals surface area (Å²) in [5.41, 5.74) is 1.69. The van der Waals surface area contributed by atoms with Crippen LogP contribution < -0.4 is 5.73 Å². The lowest BCUT2D eigenvalue weighted by Crippen LogP contribution is -2.09. The molecule has 0 saturated heterocycles. The van der Waals surface area contributed by atoms with E-state index in [4.69, 9.17) is 5.73 Å². The number of hydrogen-bond acceptors (Lipinski definition) is 3. The summed E-state index contributed by atoms with van der Waals surface area (Å²) in [6.45, 7) is 0. The second kappa shape index (κ2) is 4.62. The highest BCUT2D eigenvalue weighted by Crippen LogP contribution is 2.32. The molecule has 2 N–H and O–H groups in total. The fourth-order valence-corrected chi connectivity index (χ4v) is 1.41. The molecule has 0 aliphatic heterocycles. The van der Waals surface area contributed by atoms with E-state index < -0.39 is 58.1 Å². The first-order valence-corrected chi connectivity index (χ1v) is 4.76. The van der Waals surface area contributed by atoms with Gasteiger partial charge in [-0.1, -0.05) is 0 Å². The molecule has 0 atom stereocenters. The zero-order valence-corrected chi connectivity index (χ0v) is 9.12. The van der Waals surface area contributed by atoms with Crippen molar-refractivity contribution in [2.75, 3.05) is 5.73 Å². The molecule has 0 radical (unpaired) electrons. The summed E-state index contributed by atoms with van der Waals surface area (Å²) < 4.78 is 92.0. The summed E-state index contributed by atoms with van der Waals surface area (Å²) >= 11 is 0. The predicted octanol–water partition coefficient (Wildman–Crippen LogP) is 2.70. The van der Waals surface area contributed by atoms with Crippen molar-refractivity contribution in [1.29, 1.82) is 0 Å². The predicted molar refractivity (Wildman–Crippen MR) is 51.6 cm³/mol. The lowest BCUT2D eigenvalue weighted by Gasteiger charge is -2.09. The highest BCUT2D eigenvalue weighted by molar-refractivity contribution is 5.64. The quantitative estimate of drug-likeness (QED) is 0.381. The number of anilines is 1. The second-order valence-electron chi connectivity index (χ2n) is 3.49. The Morgan fingerprint density at radius 3 is 1.55 bits per heavy atom. The minimum absolute atomic E-state index is 1.14. The van der Waals surface area contributed by atoms with Gasteiger partial charge in [0.05, 0.1) is 5.56 Å². The standard InChI is InChI=1S/C10H2F7N3/c11-2-1(3(12)5(14)6(15)4(2)13)8-7(16)9(18)20-10(17)19-8/h(H2,18,19,20). The Labute approximate surface area is 105 Å². The number of hydrogen-bond donors (Lipinski definition) is 1. The molecule has 0 spiro atoms. The second-order valence-corrected chi connectivity index (χ2v) is 3.49. The topological polar surface area (TPSA) is 51.8 Å². The van der Waals surface area contributed by atoms with E-state index in [2.05, 4.69) is 9.97 Å². The normalized spacial score (nSPS) is 10.9. The molecule has 3 nitrogen and oxygen atoms in total. The number of benzene rings is 1. The van der Waals surface area contributed by atoms with Gasteiger partial charge >= 0.3 is 6.08 Å². The number of rotatable bonds is 1. The Hall–Kier alpha value is -2.39. The minimum Gasteiger partial charge on any atom is -0.381 e. The molecule has 0 saturated carbocycles. The summed E-state index contributed by atoms with van der Waals surface area (Å²) in [7, 11) is 0. The van der Waals surface area contributed by atoms with Crippen LogP contribution in [0, 0.1) is 41.0 Å². The molecule has 106 valence electrons. The number of nitrogen functional groups attached to an aromatic ring is 1. The van der Waals surface area contributed by atoms with Crippen LogP contribution in [0.15, 0.2) is 0 Å². The maximum atomic E-state index is 13.5. The molecule has 2 aromatic rings. The molecule has 0 amide bonds. The van der Waals surface area contributed by atoms with Crippen LogP contribution in [0.4, 0.5) is 36.6 Å². The van der Waals surface area contributed by atoms with Crippen LogP contribution in [0.25, 0.3) is 11.3 Å². The maximum Gasteiger partial charge on any atom is 0.311 e. The zero-order chi connectivity index (χ0) is 15.2. The van der Waals surface area contributed by atoms with E-state index in [9.17, 15) is 30.7 Å². The molecule has 0 fully saturated rings. The molecule has 0 bridgehead atoms. The largest absolute Gasteiger partial charge is 0.381 e. The molecule has 2 rings (SSSR count). The van der Waals surface area contributed by atoms with Gasteiger partial charge in [-0.05, 0) is 0 Å². The van der Waals surface area contributed by atoms with E-state index in [1.54, 1.807) is 0 Å². The molecule has 1 aromatic heterocycles. The van der Waals surface area contributed by atoms with Crippen molar-refractivity contribution in [3.8, 4) is 11.3 Å². The lowest BCUT2D eigenvalue weighted by atomic mass is 10.1. The van der Waals surface area contributed by atoms with Crippen molar-refractivity contribution in [2.45, 2.75) is 0 Å². The molecular weight excluding hydrogens is 295 g/mol. The van der Waals surface area contributed by atoms with Crippen molar-refractivity contribution in [3.05, 3.63) is 41.0 Å². The third-order valence-electron chi connectivity index (χ3n) is 2.30. The number of nitrogens with zero attached hydrogens (tertiary/aromatic N) is 2. The van der Waals surface area contributed by atoms with Crippen molar-refractivity contribution in [1.82, 2.24) is 9.97 Å². The smallest absolute Gasteiger partial charge is 0.311 e. The van der Waals surface area contributed by atoms with Crippen LogP contribution in [0.5, 0.6) is 0 Å². The first-order valence-electron chi connectivity index (χ1n) is 4.76. The van der Waals surface area contributed by atoms with Crippen LogP contribution in [0.2, 0.25) is 0 Å². The van der Waals surface area contributed by atoms with Gasteiger partial charge in [0.1, 0.15) is 5.69 Å². The number of aromatic nitrogens is 2. The summed E-state index contributed by atoms with van der Waals surface area (Å²) in [4.78, 5) is 5.37. The van der Waals surface area contributed by atoms with E-state index in [0.29, 0.717) is 0 Å². The highest BCUT2D eigenvalue weighted by Gasteiger charge is 2.30. The van der Waals surface area contributed by atoms with Gasteiger partial charge in [-0.15, -0.1) is 0 Å². The lowest BCUT2D eigenvalue weighted by molar-refractivity contribution is 0.380. The molecule has 1 heterocycles. The van der Waals surface area contributed by atoms with Crippen LogP contribution in [0.3, 0.4) is 0 Å². The first kappa shape index (κ1) is 14.0. The average Bonchev–Trinajstić information content (AvgIpc) is 2.39. The van der Waals surface area contributed by atoms with Crippen LogP contribution in [-0.4, -0.2) is 9.97 Å². The molecule has 0 unspecified atom stereocenters. The summed E-state index contributed by atoms with van der Waals surface area (Å²) in [6, 6.07) is 0. The minimum atomic E-state index is -2.44. The van der Waals surface area contributed by atoms with Gasteiger partial charge in [0, 0.05) is 0 Å². The van der Waals surface area contributed by atoms with E-state index >= 15 is 0 Å². The fourth-order valence-electron chi connectivity index (χ4n) is 1.41. The Balaban J connectivity index is 2.91. The fraction of sp³-hybridized carbons (Fsp3) is 0. The third kappa shape index (κ3) is 1.92. The van der Waals surface area contributed by atoms with E-state index in [-0.39, 0.29) is 0 Å². The molecule has 10 heteroatoms. The van der Waals surface area contributed by atoms with E-state index in [0.717, 1.165) is 0 Å². The summed E-state index contributed by atoms with van der Waals surface area (Å²) in [6.07, 6.45) is -1.69. The van der Waals surface area contributed by atoms with Gasteiger partial charge in [0.2, 0.25) is 5.82 Å². The number of halogens is 7. The van der Waals surface area contributed by atoms with Crippen LogP contribution >= 0.6 is 0 Å². The van der Waals surface area contributed by atoms with Gasteiger partial charge < -0.3 is 5.73 Å². The highest BCUT2D eigenvalue weighted by atomic mass is 19.2. The van der Waals surface area contributed by atoms with Gasteiger partial charge in [-0.2, -0.15) is 14.4 Å². The molecule has 0 aliphatic rings. The monoisotopic (exact) mass is 297 g/mol. The van der Waals surface area contributed by atoms with Gasteiger partial charge in [0.25, 0.3) is 0 Å². The SMILES string of the molecule is Nc1nc(F)nc(-c2c(F)c(F)c(F)c(F)c2F)c1F. The molecule has 0 aliphatic carbocycles. The molecule has 20 heavy (non-hydrogen) atoms. The summed E-state index contributed by atoms with van der Waals surface area (Å²) in [5, 5.41) is 0. The number of nitrogens with two attached hydrogens (primary N) is 1. The summed E-state index contributed by atoms with van der Waals surface area (Å²) in [5.74, 6) is -14.7. The van der Waals surface area contributed by atoms with Crippen molar-refractivity contribution >= 4 is 5.82 Å². The van der Waals surface area contributed by atoms with Crippen LogP contribution in [-0.2, 0) is 0 Å². The third-order valence-corrected chi connectivity index (χ3v) is 2.30. The zero-order valence-electron chi connectivity index (χ0n) is 9.12. The van der Waals surface area contributed by atoms with Gasteiger partial charge in [0.15, 0.2) is 34.9 Å². The Kier molecular flexibility index (Phi) is 3.24. The van der Waals surface area contributed by atoms with Crippen molar-refractivity contribution in [2.24, 2.45) is 0 Å². The Bertz CT molecular complexity index is 688. The van der Waals surface area contributed by atoms with Crippen molar-refractivity contribution < 1.29 is 30.7 Å². The molecular formula is C10H2F7N3. The first-order chi connectivity index (χ1) is 9.25. The average molecular weight is 297 g/mol. The Morgan fingerprint density at radius 1 is 0.600 bits per heavy atom. The molecule has 1 aromatic carbocycles. The maximum absolute atomic E-state index is 13.5. The Morgan fingerprint density at radius 2 is 1.05 bits per heavy atom. The van der Waals surface area contributed by atoms with E-state index in [1.165, 1.54) is 0 Å². The van der Waals surface area contributed by atoms with Crippen LogP contribution in [0.1, 0.15) is 0 Å².